The highest BCUT2D eigenvalue weighted by Gasteiger charge is 2.27. The molecule has 0 amide bonds. The average Bonchev–Trinajstić information content (AvgIpc) is 2.68. The fourth-order valence-corrected chi connectivity index (χ4v) is 2.96. The van der Waals surface area contributed by atoms with Crippen LogP contribution in [0.5, 0.6) is 0 Å². The highest BCUT2D eigenvalue weighted by Crippen LogP contribution is 2.26. The third-order valence-electron chi connectivity index (χ3n) is 4.45. The van der Waals surface area contributed by atoms with Crippen molar-refractivity contribution in [1.29, 1.82) is 0 Å². The number of carbonyl (C=O) groups is 2. The molecule has 0 saturated heterocycles. The van der Waals surface area contributed by atoms with E-state index in [4.69, 9.17) is 16.3 Å². The molecule has 3 rings (SSSR count). The molecule has 0 fully saturated rings. The first kappa shape index (κ1) is 18.9. The summed E-state index contributed by atoms with van der Waals surface area (Å²) in [5.74, 6) is -0.906. The van der Waals surface area contributed by atoms with Crippen molar-refractivity contribution in [1.82, 2.24) is 0 Å². The number of rotatable bonds is 5. The van der Waals surface area contributed by atoms with Crippen molar-refractivity contribution in [2.45, 2.75) is 20.0 Å². The second-order valence-corrected chi connectivity index (χ2v) is 6.75. The summed E-state index contributed by atoms with van der Waals surface area (Å²) in [6, 6.07) is 21.1. The lowest BCUT2D eigenvalue weighted by atomic mass is 9.97. The second kappa shape index (κ2) is 8.19. The third kappa shape index (κ3) is 4.26. The summed E-state index contributed by atoms with van der Waals surface area (Å²) in [6.45, 7) is 3.93. The van der Waals surface area contributed by atoms with Crippen molar-refractivity contribution in [2.75, 3.05) is 0 Å². The van der Waals surface area contributed by atoms with Gasteiger partial charge in [-0.3, -0.25) is 4.79 Å². The SMILES string of the molecule is Cc1ccc(C(=O)C(OC(=O)c2ccccc2Cl)c2ccccc2)cc1C. The monoisotopic (exact) mass is 378 g/mol. The molecule has 1 atom stereocenters. The van der Waals surface area contributed by atoms with Crippen molar-refractivity contribution in [3.8, 4) is 0 Å². The molecule has 3 aromatic rings. The lowest BCUT2D eigenvalue weighted by Crippen LogP contribution is -2.20. The number of halogens is 1. The molecule has 0 heterocycles. The van der Waals surface area contributed by atoms with Crippen LogP contribution in [0.15, 0.2) is 72.8 Å². The number of ether oxygens (including phenoxy) is 1. The Kier molecular flexibility index (Phi) is 5.72. The van der Waals surface area contributed by atoms with Gasteiger partial charge in [-0.15, -0.1) is 0 Å². The summed E-state index contributed by atoms with van der Waals surface area (Å²) in [7, 11) is 0. The molecule has 3 aromatic carbocycles. The van der Waals surface area contributed by atoms with Crippen LogP contribution in [0.3, 0.4) is 0 Å². The van der Waals surface area contributed by atoms with E-state index in [1.54, 1.807) is 54.6 Å². The van der Waals surface area contributed by atoms with E-state index >= 15 is 0 Å². The number of Topliss-reactive ketones (excluding diaryl/α,β-unsaturated/α-hetero) is 1. The van der Waals surface area contributed by atoms with Crippen molar-refractivity contribution < 1.29 is 14.3 Å². The van der Waals surface area contributed by atoms with Gasteiger partial charge in [0, 0.05) is 11.1 Å². The van der Waals surface area contributed by atoms with Crippen molar-refractivity contribution in [3.63, 3.8) is 0 Å². The van der Waals surface area contributed by atoms with Gasteiger partial charge in [-0.2, -0.15) is 0 Å². The molecule has 0 bridgehead atoms. The van der Waals surface area contributed by atoms with Gasteiger partial charge in [0.05, 0.1) is 10.6 Å². The quantitative estimate of drug-likeness (QED) is 0.420. The number of benzene rings is 3. The molecule has 0 aliphatic carbocycles. The zero-order chi connectivity index (χ0) is 19.4. The van der Waals surface area contributed by atoms with Crippen LogP contribution in [0.2, 0.25) is 5.02 Å². The minimum absolute atomic E-state index is 0.230. The molecule has 0 aliphatic rings. The van der Waals surface area contributed by atoms with Crippen LogP contribution in [-0.2, 0) is 4.74 Å². The fourth-order valence-electron chi connectivity index (χ4n) is 2.74. The first-order valence-electron chi connectivity index (χ1n) is 8.59. The predicted molar refractivity (Wildman–Crippen MR) is 106 cm³/mol. The second-order valence-electron chi connectivity index (χ2n) is 6.34. The van der Waals surface area contributed by atoms with Gasteiger partial charge in [-0.05, 0) is 43.2 Å². The van der Waals surface area contributed by atoms with Crippen LogP contribution in [0.4, 0.5) is 0 Å². The van der Waals surface area contributed by atoms with Crippen LogP contribution >= 0.6 is 11.6 Å². The molecule has 0 saturated carbocycles. The topological polar surface area (TPSA) is 43.4 Å². The molecule has 4 heteroatoms. The molecule has 0 radical (unpaired) electrons. The van der Waals surface area contributed by atoms with Crippen molar-refractivity contribution in [3.05, 3.63) is 106 Å². The normalized spacial score (nSPS) is 11.7. The standard InChI is InChI=1S/C23H19ClO3/c1-15-12-13-18(14-16(15)2)21(25)22(17-8-4-3-5-9-17)27-23(26)19-10-6-7-11-20(19)24/h3-14,22H,1-2H3. The first-order valence-corrected chi connectivity index (χ1v) is 8.97. The van der Waals surface area contributed by atoms with Crippen LogP contribution < -0.4 is 0 Å². The highest BCUT2D eigenvalue weighted by molar-refractivity contribution is 6.33. The molecule has 0 aromatic heterocycles. The maximum Gasteiger partial charge on any atom is 0.340 e. The molecule has 1 unspecified atom stereocenters. The molecular formula is C23H19ClO3. The molecule has 3 nitrogen and oxygen atoms in total. The maximum absolute atomic E-state index is 13.2. The summed E-state index contributed by atoms with van der Waals surface area (Å²) in [5, 5.41) is 0.285. The van der Waals surface area contributed by atoms with Gasteiger partial charge in [0.25, 0.3) is 0 Å². The zero-order valence-electron chi connectivity index (χ0n) is 15.1. The number of aryl methyl sites for hydroxylation is 2. The Bertz CT molecular complexity index is 980. The van der Waals surface area contributed by atoms with Crippen LogP contribution in [-0.4, -0.2) is 11.8 Å². The fraction of sp³-hybridized carbons (Fsp3) is 0.130. The van der Waals surface area contributed by atoms with E-state index < -0.39 is 12.1 Å². The van der Waals surface area contributed by atoms with E-state index in [-0.39, 0.29) is 16.4 Å². The smallest absolute Gasteiger partial charge is 0.340 e. The van der Waals surface area contributed by atoms with E-state index in [0.29, 0.717) is 11.1 Å². The van der Waals surface area contributed by atoms with Gasteiger partial charge < -0.3 is 4.74 Å². The summed E-state index contributed by atoms with van der Waals surface area (Å²) in [6.07, 6.45) is -1.04. The van der Waals surface area contributed by atoms with Crippen LogP contribution in [0.1, 0.15) is 43.5 Å². The van der Waals surface area contributed by atoms with E-state index in [9.17, 15) is 9.59 Å². The van der Waals surface area contributed by atoms with Gasteiger partial charge >= 0.3 is 5.97 Å². The number of carbonyl (C=O) groups excluding carboxylic acids is 2. The first-order chi connectivity index (χ1) is 13.0. The number of hydrogen-bond donors (Lipinski definition) is 0. The molecule has 0 N–H and O–H groups in total. The molecular weight excluding hydrogens is 360 g/mol. The van der Waals surface area contributed by atoms with E-state index in [0.717, 1.165) is 11.1 Å². The van der Waals surface area contributed by atoms with E-state index in [2.05, 4.69) is 0 Å². The predicted octanol–water partition coefficient (Wildman–Crippen LogP) is 5.74. The Balaban J connectivity index is 1.96. The van der Waals surface area contributed by atoms with Crippen molar-refractivity contribution >= 4 is 23.4 Å². The lowest BCUT2D eigenvalue weighted by Gasteiger charge is -2.18. The Labute approximate surface area is 163 Å². The Morgan fingerprint density at radius 1 is 0.852 bits per heavy atom. The average molecular weight is 379 g/mol. The zero-order valence-corrected chi connectivity index (χ0v) is 15.9. The van der Waals surface area contributed by atoms with Gasteiger partial charge in [0.15, 0.2) is 6.10 Å². The molecule has 136 valence electrons. The van der Waals surface area contributed by atoms with Crippen molar-refractivity contribution in [2.24, 2.45) is 0 Å². The minimum Gasteiger partial charge on any atom is -0.445 e. The summed E-state index contributed by atoms with van der Waals surface area (Å²) >= 11 is 6.10. The summed E-state index contributed by atoms with van der Waals surface area (Å²) < 4.78 is 5.62. The number of hydrogen-bond acceptors (Lipinski definition) is 3. The van der Waals surface area contributed by atoms with Gasteiger partial charge in [0.1, 0.15) is 0 Å². The Morgan fingerprint density at radius 2 is 1.52 bits per heavy atom. The Hall–Kier alpha value is -2.91. The molecule has 27 heavy (non-hydrogen) atoms. The largest absolute Gasteiger partial charge is 0.445 e. The van der Waals surface area contributed by atoms with E-state index in [1.807, 2.05) is 32.0 Å². The minimum atomic E-state index is -1.04. The highest BCUT2D eigenvalue weighted by atomic mass is 35.5. The van der Waals surface area contributed by atoms with Crippen LogP contribution in [0, 0.1) is 13.8 Å². The number of ketones is 1. The van der Waals surface area contributed by atoms with E-state index in [1.165, 1.54) is 0 Å². The maximum atomic E-state index is 13.2. The lowest BCUT2D eigenvalue weighted by molar-refractivity contribution is 0.0280. The summed E-state index contributed by atoms with van der Waals surface area (Å²) in [5.41, 5.74) is 3.44. The van der Waals surface area contributed by atoms with Gasteiger partial charge in [-0.1, -0.05) is 66.2 Å². The molecule has 0 spiro atoms. The number of esters is 1. The van der Waals surface area contributed by atoms with Gasteiger partial charge in [0.2, 0.25) is 5.78 Å². The summed E-state index contributed by atoms with van der Waals surface area (Å²) in [4.78, 5) is 25.8. The molecule has 0 aliphatic heterocycles. The Morgan fingerprint density at radius 3 is 2.19 bits per heavy atom. The third-order valence-corrected chi connectivity index (χ3v) is 4.78. The van der Waals surface area contributed by atoms with Gasteiger partial charge in [-0.25, -0.2) is 4.79 Å². The van der Waals surface area contributed by atoms with Crippen LogP contribution in [0.25, 0.3) is 0 Å².